The molecule has 0 spiro atoms. The SMILES string of the molecule is Cc1ccc(-n2cc(Cl)ccc2=O)cc1. The second-order valence-electron chi connectivity index (χ2n) is 3.39. The van der Waals surface area contributed by atoms with Crippen molar-refractivity contribution in [2.45, 2.75) is 6.92 Å². The van der Waals surface area contributed by atoms with E-state index in [-0.39, 0.29) is 5.56 Å². The molecule has 0 fully saturated rings. The summed E-state index contributed by atoms with van der Waals surface area (Å²) in [6.45, 7) is 2.00. The van der Waals surface area contributed by atoms with Crippen LogP contribution >= 0.6 is 11.6 Å². The number of hydrogen-bond acceptors (Lipinski definition) is 1. The molecule has 0 unspecified atom stereocenters. The van der Waals surface area contributed by atoms with Crippen LogP contribution in [0.15, 0.2) is 47.4 Å². The largest absolute Gasteiger partial charge is 0.283 e. The molecule has 2 rings (SSSR count). The van der Waals surface area contributed by atoms with E-state index in [1.807, 2.05) is 31.2 Å². The van der Waals surface area contributed by atoms with Gasteiger partial charge in [0.15, 0.2) is 0 Å². The maximum atomic E-state index is 11.6. The summed E-state index contributed by atoms with van der Waals surface area (Å²) in [6, 6.07) is 10.8. The van der Waals surface area contributed by atoms with Gasteiger partial charge in [-0.2, -0.15) is 0 Å². The van der Waals surface area contributed by atoms with Gasteiger partial charge >= 0.3 is 0 Å². The molecule has 1 heterocycles. The van der Waals surface area contributed by atoms with E-state index in [9.17, 15) is 4.79 Å². The molecule has 0 aliphatic rings. The van der Waals surface area contributed by atoms with E-state index < -0.39 is 0 Å². The maximum absolute atomic E-state index is 11.6. The van der Waals surface area contributed by atoms with Gasteiger partial charge in [0, 0.05) is 18.0 Å². The lowest BCUT2D eigenvalue weighted by atomic mass is 10.2. The molecule has 0 atom stereocenters. The van der Waals surface area contributed by atoms with Crippen molar-refractivity contribution in [2.75, 3.05) is 0 Å². The van der Waals surface area contributed by atoms with Crippen LogP contribution in [0.4, 0.5) is 0 Å². The molecule has 0 saturated heterocycles. The van der Waals surface area contributed by atoms with Gasteiger partial charge in [0.2, 0.25) is 0 Å². The normalized spacial score (nSPS) is 10.3. The first-order valence-corrected chi connectivity index (χ1v) is 5.00. The molecule has 0 amide bonds. The number of aromatic nitrogens is 1. The van der Waals surface area contributed by atoms with E-state index in [0.29, 0.717) is 5.02 Å². The minimum atomic E-state index is -0.0803. The molecule has 0 N–H and O–H groups in total. The van der Waals surface area contributed by atoms with Crippen molar-refractivity contribution in [1.82, 2.24) is 4.57 Å². The molecule has 0 aliphatic heterocycles. The molecule has 0 aliphatic carbocycles. The lowest BCUT2D eigenvalue weighted by molar-refractivity contribution is 0.989. The summed E-state index contributed by atoms with van der Waals surface area (Å²) >= 11 is 5.84. The van der Waals surface area contributed by atoms with E-state index in [0.717, 1.165) is 11.3 Å². The Morgan fingerprint density at radius 3 is 2.40 bits per heavy atom. The lowest BCUT2D eigenvalue weighted by Crippen LogP contribution is -2.15. The van der Waals surface area contributed by atoms with E-state index >= 15 is 0 Å². The number of pyridine rings is 1. The monoisotopic (exact) mass is 219 g/mol. The molecule has 2 aromatic rings. The highest BCUT2D eigenvalue weighted by Crippen LogP contribution is 2.10. The van der Waals surface area contributed by atoms with Gasteiger partial charge in [-0.1, -0.05) is 29.3 Å². The number of aryl methyl sites for hydroxylation is 1. The number of rotatable bonds is 1. The Hall–Kier alpha value is -1.54. The lowest BCUT2D eigenvalue weighted by Gasteiger charge is -2.05. The van der Waals surface area contributed by atoms with Crippen molar-refractivity contribution >= 4 is 11.6 Å². The fourth-order valence-electron chi connectivity index (χ4n) is 1.37. The third-order valence-corrected chi connectivity index (χ3v) is 2.41. The van der Waals surface area contributed by atoms with E-state index in [4.69, 9.17) is 11.6 Å². The van der Waals surface area contributed by atoms with Crippen LogP contribution in [-0.4, -0.2) is 4.57 Å². The topological polar surface area (TPSA) is 22.0 Å². The Bertz CT molecular complexity index is 528. The summed E-state index contributed by atoms with van der Waals surface area (Å²) in [5.74, 6) is 0. The molecule has 76 valence electrons. The highest BCUT2D eigenvalue weighted by atomic mass is 35.5. The summed E-state index contributed by atoms with van der Waals surface area (Å²) in [5.41, 5.74) is 1.91. The van der Waals surface area contributed by atoms with Gasteiger partial charge in [-0.3, -0.25) is 9.36 Å². The molecule has 1 aromatic heterocycles. The summed E-state index contributed by atoms with van der Waals surface area (Å²) < 4.78 is 1.53. The molecule has 15 heavy (non-hydrogen) atoms. The minimum absolute atomic E-state index is 0.0803. The Kier molecular flexibility index (Phi) is 2.60. The standard InChI is InChI=1S/C12H10ClNO/c1-9-2-5-11(6-3-9)14-8-10(13)4-7-12(14)15/h2-8H,1H3. The van der Waals surface area contributed by atoms with Crippen molar-refractivity contribution < 1.29 is 0 Å². The van der Waals surface area contributed by atoms with Crippen molar-refractivity contribution in [2.24, 2.45) is 0 Å². The van der Waals surface area contributed by atoms with E-state index in [2.05, 4.69) is 0 Å². The minimum Gasteiger partial charge on any atom is -0.283 e. The fraction of sp³-hybridized carbons (Fsp3) is 0.0833. The summed E-state index contributed by atoms with van der Waals surface area (Å²) in [4.78, 5) is 11.6. The van der Waals surface area contributed by atoms with Gasteiger partial charge in [0.05, 0.1) is 5.02 Å². The average molecular weight is 220 g/mol. The van der Waals surface area contributed by atoms with Crippen molar-refractivity contribution in [3.63, 3.8) is 0 Å². The molecule has 2 nitrogen and oxygen atoms in total. The van der Waals surface area contributed by atoms with Gasteiger partial charge in [0.1, 0.15) is 0 Å². The van der Waals surface area contributed by atoms with Crippen LogP contribution in [0.25, 0.3) is 5.69 Å². The third kappa shape index (κ3) is 2.10. The van der Waals surface area contributed by atoms with E-state index in [1.54, 1.807) is 12.3 Å². The maximum Gasteiger partial charge on any atom is 0.255 e. The molecule has 0 saturated carbocycles. The molecule has 0 bridgehead atoms. The summed E-state index contributed by atoms with van der Waals surface area (Å²) in [5, 5.41) is 0.551. The molecule has 1 aromatic carbocycles. The summed E-state index contributed by atoms with van der Waals surface area (Å²) in [7, 11) is 0. The highest BCUT2D eigenvalue weighted by molar-refractivity contribution is 6.30. The number of benzene rings is 1. The Morgan fingerprint density at radius 2 is 1.73 bits per heavy atom. The van der Waals surface area contributed by atoms with Crippen LogP contribution in [0.2, 0.25) is 5.02 Å². The average Bonchev–Trinajstić information content (AvgIpc) is 2.23. The zero-order valence-electron chi connectivity index (χ0n) is 8.27. The molecule has 3 heteroatoms. The first kappa shape index (κ1) is 9.99. The molecular formula is C12H10ClNO. The molecule has 0 radical (unpaired) electrons. The second-order valence-corrected chi connectivity index (χ2v) is 3.83. The van der Waals surface area contributed by atoms with Crippen LogP contribution in [0, 0.1) is 6.92 Å². The molecular weight excluding hydrogens is 210 g/mol. The summed E-state index contributed by atoms with van der Waals surface area (Å²) in [6.07, 6.45) is 1.62. The van der Waals surface area contributed by atoms with Crippen LogP contribution in [-0.2, 0) is 0 Å². The third-order valence-electron chi connectivity index (χ3n) is 2.19. The Morgan fingerprint density at radius 1 is 1.07 bits per heavy atom. The van der Waals surface area contributed by atoms with Crippen molar-refractivity contribution in [3.8, 4) is 5.69 Å². The predicted octanol–water partition coefficient (Wildman–Crippen LogP) is 2.80. The van der Waals surface area contributed by atoms with Crippen molar-refractivity contribution in [3.05, 3.63) is 63.5 Å². The number of halogens is 1. The van der Waals surface area contributed by atoms with E-state index in [1.165, 1.54) is 10.6 Å². The van der Waals surface area contributed by atoms with Crippen LogP contribution < -0.4 is 5.56 Å². The highest BCUT2D eigenvalue weighted by Gasteiger charge is 1.99. The van der Waals surface area contributed by atoms with Crippen LogP contribution in [0.3, 0.4) is 0 Å². The van der Waals surface area contributed by atoms with Gasteiger partial charge in [0.25, 0.3) is 5.56 Å². The zero-order chi connectivity index (χ0) is 10.8. The van der Waals surface area contributed by atoms with Crippen LogP contribution in [0.1, 0.15) is 5.56 Å². The second kappa shape index (κ2) is 3.91. The predicted molar refractivity (Wildman–Crippen MR) is 61.8 cm³/mol. The smallest absolute Gasteiger partial charge is 0.255 e. The van der Waals surface area contributed by atoms with Crippen LogP contribution in [0.5, 0.6) is 0 Å². The quantitative estimate of drug-likeness (QED) is 0.723. The zero-order valence-corrected chi connectivity index (χ0v) is 9.03. The number of hydrogen-bond donors (Lipinski definition) is 0. The van der Waals surface area contributed by atoms with Crippen molar-refractivity contribution in [1.29, 1.82) is 0 Å². The van der Waals surface area contributed by atoms with Gasteiger partial charge in [-0.15, -0.1) is 0 Å². The Balaban J connectivity index is 2.58. The first-order valence-electron chi connectivity index (χ1n) is 4.62. The van der Waals surface area contributed by atoms with Gasteiger partial charge < -0.3 is 0 Å². The van der Waals surface area contributed by atoms with Gasteiger partial charge in [-0.05, 0) is 25.1 Å². The Labute approximate surface area is 92.7 Å². The number of nitrogens with zero attached hydrogens (tertiary/aromatic N) is 1. The fourth-order valence-corrected chi connectivity index (χ4v) is 1.53. The first-order chi connectivity index (χ1) is 7.16. The van der Waals surface area contributed by atoms with Gasteiger partial charge in [-0.25, -0.2) is 0 Å².